The molecule has 0 spiro atoms. The highest BCUT2D eigenvalue weighted by atomic mass is 15.2. The lowest BCUT2D eigenvalue weighted by molar-refractivity contribution is 0.114. The third-order valence-corrected chi connectivity index (χ3v) is 3.94. The first kappa shape index (κ1) is 11.9. The predicted octanol–water partition coefficient (Wildman–Crippen LogP) is 1.71. The molecular weight excluding hydrogens is 198 g/mol. The Bertz CT molecular complexity index is 256. The minimum atomic E-state index is 0.293. The van der Waals surface area contributed by atoms with Crippen molar-refractivity contribution in [2.45, 2.75) is 38.6 Å². The fourth-order valence-electron chi connectivity index (χ4n) is 3.07. The minimum Gasteiger partial charge on any atom is -0.302 e. The van der Waals surface area contributed by atoms with Crippen LogP contribution in [0.4, 0.5) is 0 Å². The van der Waals surface area contributed by atoms with Crippen LogP contribution in [0.1, 0.15) is 32.6 Å². The van der Waals surface area contributed by atoms with E-state index in [2.05, 4.69) is 22.8 Å². The Morgan fingerprint density at radius 1 is 1.25 bits per heavy atom. The van der Waals surface area contributed by atoms with Crippen molar-refractivity contribution < 1.29 is 0 Å². The second-order valence-corrected chi connectivity index (χ2v) is 5.21. The summed E-state index contributed by atoms with van der Waals surface area (Å²) in [5.41, 5.74) is 0. The lowest BCUT2D eigenvalue weighted by Crippen LogP contribution is -2.47. The van der Waals surface area contributed by atoms with Crippen LogP contribution < -0.4 is 0 Å². The highest BCUT2D eigenvalue weighted by Gasteiger charge is 2.30. The Morgan fingerprint density at radius 2 is 2.12 bits per heavy atom. The molecule has 2 fully saturated rings. The average Bonchev–Trinajstić information content (AvgIpc) is 2.78. The topological polar surface area (TPSA) is 30.3 Å². The van der Waals surface area contributed by atoms with Gasteiger partial charge in [0.25, 0.3) is 0 Å². The molecule has 0 amide bonds. The molecular formula is C13H23N3. The minimum absolute atomic E-state index is 0.293. The van der Waals surface area contributed by atoms with Crippen LogP contribution in [0.15, 0.2) is 0 Å². The van der Waals surface area contributed by atoms with Crippen LogP contribution in [-0.2, 0) is 0 Å². The van der Waals surface area contributed by atoms with E-state index >= 15 is 0 Å². The lowest BCUT2D eigenvalue weighted by atomic mass is 10.0. The SMILES string of the molecule is CCCN1CCCC(N2CCC(C#N)C2)C1. The molecule has 2 saturated heterocycles. The van der Waals surface area contributed by atoms with E-state index in [4.69, 9.17) is 5.26 Å². The van der Waals surface area contributed by atoms with Gasteiger partial charge >= 0.3 is 0 Å². The van der Waals surface area contributed by atoms with Crippen molar-refractivity contribution in [3.05, 3.63) is 0 Å². The van der Waals surface area contributed by atoms with Crippen molar-refractivity contribution in [2.24, 2.45) is 5.92 Å². The molecule has 0 aliphatic carbocycles. The number of likely N-dealkylation sites (tertiary alicyclic amines) is 2. The van der Waals surface area contributed by atoms with Crippen LogP contribution in [0.25, 0.3) is 0 Å². The molecule has 3 nitrogen and oxygen atoms in total. The van der Waals surface area contributed by atoms with E-state index in [1.54, 1.807) is 0 Å². The summed E-state index contributed by atoms with van der Waals surface area (Å²) in [6, 6.07) is 3.14. The lowest BCUT2D eigenvalue weighted by Gasteiger charge is -2.37. The van der Waals surface area contributed by atoms with E-state index in [0.717, 1.165) is 25.6 Å². The molecule has 0 aromatic heterocycles. The summed E-state index contributed by atoms with van der Waals surface area (Å²) in [5.74, 6) is 0.293. The van der Waals surface area contributed by atoms with Gasteiger partial charge in [-0.05, 0) is 45.3 Å². The number of nitrogens with zero attached hydrogens (tertiary/aromatic N) is 3. The zero-order valence-electron chi connectivity index (χ0n) is 10.4. The number of piperidine rings is 1. The Hall–Kier alpha value is -0.590. The maximum absolute atomic E-state index is 8.93. The highest BCUT2D eigenvalue weighted by Crippen LogP contribution is 2.23. The van der Waals surface area contributed by atoms with E-state index in [0.29, 0.717) is 5.92 Å². The zero-order valence-corrected chi connectivity index (χ0v) is 10.4. The van der Waals surface area contributed by atoms with Gasteiger partial charge in [0, 0.05) is 19.1 Å². The molecule has 0 aromatic carbocycles. The smallest absolute Gasteiger partial charge is 0.0669 e. The average molecular weight is 221 g/mol. The second kappa shape index (κ2) is 5.65. The van der Waals surface area contributed by atoms with E-state index in [1.807, 2.05) is 0 Å². The van der Waals surface area contributed by atoms with Crippen molar-refractivity contribution in [3.8, 4) is 6.07 Å². The molecule has 16 heavy (non-hydrogen) atoms. The molecule has 2 aliphatic rings. The maximum Gasteiger partial charge on any atom is 0.0669 e. The highest BCUT2D eigenvalue weighted by molar-refractivity contribution is 4.94. The number of nitriles is 1. The fourth-order valence-corrected chi connectivity index (χ4v) is 3.07. The Morgan fingerprint density at radius 3 is 2.81 bits per heavy atom. The van der Waals surface area contributed by atoms with Gasteiger partial charge in [0.2, 0.25) is 0 Å². The van der Waals surface area contributed by atoms with Crippen LogP contribution in [0.3, 0.4) is 0 Å². The molecule has 0 saturated carbocycles. The van der Waals surface area contributed by atoms with Crippen molar-refractivity contribution in [3.63, 3.8) is 0 Å². The largest absolute Gasteiger partial charge is 0.302 e. The standard InChI is InChI=1S/C13H23N3/c1-2-6-15-7-3-4-13(11-15)16-8-5-12(9-14)10-16/h12-13H,2-8,10-11H2,1H3. The van der Waals surface area contributed by atoms with Gasteiger partial charge in [0.1, 0.15) is 0 Å². The molecule has 90 valence electrons. The van der Waals surface area contributed by atoms with Crippen molar-refractivity contribution in [1.82, 2.24) is 9.80 Å². The Balaban J connectivity index is 1.83. The van der Waals surface area contributed by atoms with Crippen LogP contribution in [0, 0.1) is 17.2 Å². The third-order valence-electron chi connectivity index (χ3n) is 3.94. The maximum atomic E-state index is 8.93. The van der Waals surface area contributed by atoms with Gasteiger partial charge < -0.3 is 4.90 Å². The van der Waals surface area contributed by atoms with Crippen LogP contribution in [-0.4, -0.2) is 48.6 Å². The Kier molecular flexibility index (Phi) is 4.20. The molecule has 2 unspecified atom stereocenters. The molecule has 3 heteroatoms. The van der Waals surface area contributed by atoms with Crippen molar-refractivity contribution in [1.29, 1.82) is 5.26 Å². The summed E-state index contributed by atoms with van der Waals surface area (Å²) < 4.78 is 0. The molecule has 0 radical (unpaired) electrons. The summed E-state index contributed by atoms with van der Waals surface area (Å²) in [6.07, 6.45) is 5.01. The zero-order chi connectivity index (χ0) is 11.4. The summed E-state index contributed by atoms with van der Waals surface area (Å²) in [6.45, 7) is 8.16. The van der Waals surface area contributed by atoms with E-state index in [9.17, 15) is 0 Å². The van der Waals surface area contributed by atoms with Gasteiger partial charge in [-0.25, -0.2) is 0 Å². The summed E-state index contributed by atoms with van der Waals surface area (Å²) >= 11 is 0. The molecule has 0 aromatic rings. The molecule has 0 N–H and O–H groups in total. The van der Waals surface area contributed by atoms with Gasteiger partial charge in [-0.15, -0.1) is 0 Å². The monoisotopic (exact) mass is 221 g/mol. The van der Waals surface area contributed by atoms with Crippen LogP contribution >= 0.6 is 0 Å². The van der Waals surface area contributed by atoms with E-state index in [1.165, 1.54) is 38.9 Å². The molecule has 2 rings (SSSR count). The van der Waals surface area contributed by atoms with Crippen molar-refractivity contribution >= 4 is 0 Å². The summed E-state index contributed by atoms with van der Waals surface area (Å²) in [7, 11) is 0. The fraction of sp³-hybridized carbons (Fsp3) is 0.923. The van der Waals surface area contributed by atoms with Gasteiger partial charge in [0.15, 0.2) is 0 Å². The van der Waals surface area contributed by atoms with Gasteiger partial charge in [-0.3, -0.25) is 4.90 Å². The van der Waals surface area contributed by atoms with Crippen molar-refractivity contribution in [2.75, 3.05) is 32.7 Å². The van der Waals surface area contributed by atoms with E-state index in [-0.39, 0.29) is 0 Å². The quantitative estimate of drug-likeness (QED) is 0.727. The van der Waals surface area contributed by atoms with Gasteiger partial charge in [-0.1, -0.05) is 6.92 Å². The third kappa shape index (κ3) is 2.75. The Labute approximate surface area is 99.0 Å². The normalized spacial score (nSPS) is 32.8. The molecule has 2 atom stereocenters. The summed E-state index contributed by atoms with van der Waals surface area (Å²) in [5, 5.41) is 8.93. The molecule has 2 heterocycles. The second-order valence-electron chi connectivity index (χ2n) is 5.21. The van der Waals surface area contributed by atoms with Crippen LogP contribution in [0.5, 0.6) is 0 Å². The first-order chi connectivity index (χ1) is 7.83. The number of rotatable bonds is 3. The summed E-state index contributed by atoms with van der Waals surface area (Å²) in [4.78, 5) is 5.14. The first-order valence-corrected chi connectivity index (χ1v) is 6.69. The first-order valence-electron chi connectivity index (χ1n) is 6.69. The number of hydrogen-bond acceptors (Lipinski definition) is 3. The van der Waals surface area contributed by atoms with Gasteiger partial charge in [-0.2, -0.15) is 5.26 Å². The molecule has 2 aliphatic heterocycles. The predicted molar refractivity (Wildman–Crippen MR) is 65.0 cm³/mol. The van der Waals surface area contributed by atoms with Gasteiger partial charge in [0.05, 0.1) is 12.0 Å². The number of hydrogen-bond donors (Lipinski definition) is 0. The van der Waals surface area contributed by atoms with Crippen LogP contribution in [0.2, 0.25) is 0 Å². The molecule has 0 bridgehead atoms. The van der Waals surface area contributed by atoms with E-state index < -0.39 is 0 Å².